The van der Waals surface area contributed by atoms with Gasteiger partial charge in [-0.2, -0.15) is 0 Å². The third-order valence-corrected chi connectivity index (χ3v) is 1.74. The summed E-state index contributed by atoms with van der Waals surface area (Å²) in [4.78, 5) is 11.1. The maximum Gasteiger partial charge on any atom is 0.220 e. The predicted octanol–water partition coefficient (Wildman–Crippen LogP) is -0.125. The van der Waals surface area contributed by atoms with Gasteiger partial charge in [0.05, 0.1) is 0 Å². The van der Waals surface area contributed by atoms with Crippen LogP contribution in [0.25, 0.3) is 0 Å². The number of unbranched alkanes of at least 4 members (excludes halogenated alkanes) is 1. The van der Waals surface area contributed by atoms with Gasteiger partial charge in [-0.05, 0) is 32.9 Å². The second-order valence-corrected chi connectivity index (χ2v) is 2.99. The van der Waals surface area contributed by atoms with Crippen LogP contribution < -0.4 is 10.6 Å². The lowest BCUT2D eigenvalue weighted by atomic mass is 10.3. The molecule has 0 aromatic rings. The van der Waals surface area contributed by atoms with E-state index in [9.17, 15) is 4.79 Å². The van der Waals surface area contributed by atoms with Gasteiger partial charge in [0, 0.05) is 19.6 Å². The molecule has 0 atom stereocenters. The highest BCUT2D eigenvalue weighted by molar-refractivity contribution is 5.75. The fraction of sp³-hybridized carbons (Fsp3) is 0.889. The van der Waals surface area contributed by atoms with Crippen LogP contribution in [0.15, 0.2) is 0 Å². The summed E-state index contributed by atoms with van der Waals surface area (Å²) >= 11 is 0. The minimum Gasteiger partial charge on any atom is -0.396 e. The van der Waals surface area contributed by atoms with Crippen LogP contribution >= 0.6 is 0 Å². The number of carbonyl (C=O) groups is 1. The van der Waals surface area contributed by atoms with Crippen molar-refractivity contribution >= 4 is 5.91 Å². The summed E-state index contributed by atoms with van der Waals surface area (Å²) < 4.78 is 0. The number of aliphatic hydroxyl groups is 1. The summed E-state index contributed by atoms with van der Waals surface area (Å²) in [5.74, 6) is 0.105. The van der Waals surface area contributed by atoms with Gasteiger partial charge in [0.2, 0.25) is 5.91 Å². The molecule has 0 heterocycles. The fourth-order valence-electron chi connectivity index (χ4n) is 0.979. The average Bonchev–Trinajstić information content (AvgIpc) is 2.13. The minimum atomic E-state index is 0.105. The van der Waals surface area contributed by atoms with Crippen LogP contribution in [-0.2, 0) is 4.79 Å². The summed E-state index contributed by atoms with van der Waals surface area (Å²) in [6, 6.07) is 0. The first-order valence-corrected chi connectivity index (χ1v) is 4.83. The topological polar surface area (TPSA) is 61.4 Å². The summed E-state index contributed by atoms with van der Waals surface area (Å²) in [6.45, 7) is 1.76. The summed E-state index contributed by atoms with van der Waals surface area (Å²) in [7, 11) is 1.87. The quantitative estimate of drug-likeness (QED) is 0.465. The van der Waals surface area contributed by atoms with E-state index in [1.54, 1.807) is 0 Å². The first-order chi connectivity index (χ1) is 6.31. The third-order valence-electron chi connectivity index (χ3n) is 1.74. The molecule has 1 amide bonds. The van der Waals surface area contributed by atoms with Gasteiger partial charge < -0.3 is 15.7 Å². The molecule has 0 spiro atoms. The zero-order valence-corrected chi connectivity index (χ0v) is 8.31. The van der Waals surface area contributed by atoms with Gasteiger partial charge >= 0.3 is 0 Å². The Morgan fingerprint density at radius 1 is 1.23 bits per heavy atom. The highest BCUT2D eigenvalue weighted by Gasteiger charge is 1.98. The Bertz CT molecular complexity index is 129. The van der Waals surface area contributed by atoms with Gasteiger partial charge in [0.15, 0.2) is 0 Å². The lowest BCUT2D eigenvalue weighted by Gasteiger charge is -2.03. The van der Waals surface area contributed by atoms with Crippen LogP contribution in [0, 0.1) is 0 Å². The van der Waals surface area contributed by atoms with Gasteiger partial charge in [-0.15, -0.1) is 0 Å². The van der Waals surface area contributed by atoms with Crippen molar-refractivity contribution in [3.05, 3.63) is 0 Å². The first kappa shape index (κ1) is 12.4. The Morgan fingerprint density at radius 3 is 2.62 bits per heavy atom. The van der Waals surface area contributed by atoms with E-state index in [1.165, 1.54) is 0 Å². The van der Waals surface area contributed by atoms with Crippen molar-refractivity contribution in [1.29, 1.82) is 0 Å². The van der Waals surface area contributed by atoms with E-state index in [4.69, 9.17) is 5.11 Å². The second kappa shape index (κ2) is 9.48. The molecular weight excluding hydrogens is 168 g/mol. The van der Waals surface area contributed by atoms with Crippen molar-refractivity contribution in [3.8, 4) is 0 Å². The maximum atomic E-state index is 11.1. The maximum absolute atomic E-state index is 11.1. The lowest BCUT2D eigenvalue weighted by Crippen LogP contribution is -2.25. The Hall–Kier alpha value is -0.610. The van der Waals surface area contributed by atoms with E-state index in [0.29, 0.717) is 13.0 Å². The molecule has 0 fully saturated rings. The second-order valence-electron chi connectivity index (χ2n) is 2.99. The molecular formula is C9H20N2O2. The van der Waals surface area contributed by atoms with Crippen molar-refractivity contribution < 1.29 is 9.90 Å². The predicted molar refractivity (Wildman–Crippen MR) is 52.5 cm³/mol. The van der Waals surface area contributed by atoms with Gasteiger partial charge in [-0.25, -0.2) is 0 Å². The molecule has 0 unspecified atom stereocenters. The van der Waals surface area contributed by atoms with Gasteiger partial charge in [0.1, 0.15) is 0 Å². The number of carbonyl (C=O) groups excluding carboxylic acids is 1. The zero-order valence-electron chi connectivity index (χ0n) is 8.31. The molecule has 0 saturated heterocycles. The molecule has 0 radical (unpaired) electrons. The molecule has 78 valence electrons. The molecule has 3 N–H and O–H groups in total. The molecule has 0 aliphatic heterocycles. The SMILES string of the molecule is CNCCCC(=O)NCCCCO. The number of nitrogens with one attached hydrogen (secondary N) is 2. The van der Waals surface area contributed by atoms with E-state index in [-0.39, 0.29) is 12.5 Å². The molecule has 0 aromatic heterocycles. The number of aliphatic hydroxyl groups excluding tert-OH is 1. The van der Waals surface area contributed by atoms with Gasteiger partial charge in [-0.1, -0.05) is 0 Å². The number of hydrogen-bond acceptors (Lipinski definition) is 3. The van der Waals surface area contributed by atoms with Crippen molar-refractivity contribution in [1.82, 2.24) is 10.6 Å². The van der Waals surface area contributed by atoms with Crippen LogP contribution in [0.2, 0.25) is 0 Å². The highest BCUT2D eigenvalue weighted by atomic mass is 16.2. The molecule has 0 rings (SSSR count). The van der Waals surface area contributed by atoms with E-state index in [1.807, 2.05) is 7.05 Å². The molecule has 0 aromatic carbocycles. The van der Waals surface area contributed by atoms with E-state index in [2.05, 4.69) is 10.6 Å². The highest BCUT2D eigenvalue weighted by Crippen LogP contribution is 1.88. The van der Waals surface area contributed by atoms with Crippen molar-refractivity contribution in [2.45, 2.75) is 25.7 Å². The van der Waals surface area contributed by atoms with Crippen molar-refractivity contribution in [2.24, 2.45) is 0 Å². The largest absolute Gasteiger partial charge is 0.396 e. The normalized spacial score (nSPS) is 10.0. The van der Waals surface area contributed by atoms with Crippen LogP contribution in [0.3, 0.4) is 0 Å². The number of rotatable bonds is 8. The average molecular weight is 188 g/mol. The van der Waals surface area contributed by atoms with E-state index in [0.717, 1.165) is 25.8 Å². The van der Waals surface area contributed by atoms with E-state index < -0.39 is 0 Å². The molecule has 0 saturated carbocycles. The Labute approximate surface area is 79.7 Å². The summed E-state index contributed by atoms with van der Waals surface area (Å²) in [5, 5.41) is 14.3. The van der Waals surface area contributed by atoms with Gasteiger partial charge in [0.25, 0.3) is 0 Å². The lowest BCUT2D eigenvalue weighted by molar-refractivity contribution is -0.121. The molecule has 0 bridgehead atoms. The van der Waals surface area contributed by atoms with Crippen molar-refractivity contribution in [2.75, 3.05) is 26.7 Å². The molecule has 4 heteroatoms. The first-order valence-electron chi connectivity index (χ1n) is 4.83. The molecule has 0 aliphatic carbocycles. The molecule has 4 nitrogen and oxygen atoms in total. The molecule has 0 aliphatic rings. The van der Waals surface area contributed by atoms with Crippen molar-refractivity contribution in [3.63, 3.8) is 0 Å². The minimum absolute atomic E-state index is 0.105. The van der Waals surface area contributed by atoms with Crippen LogP contribution in [0.4, 0.5) is 0 Å². The van der Waals surface area contributed by atoms with Crippen LogP contribution in [0.5, 0.6) is 0 Å². The van der Waals surface area contributed by atoms with Crippen LogP contribution in [-0.4, -0.2) is 37.8 Å². The fourth-order valence-corrected chi connectivity index (χ4v) is 0.979. The zero-order chi connectivity index (χ0) is 9.94. The summed E-state index contributed by atoms with van der Waals surface area (Å²) in [5.41, 5.74) is 0. The standard InChI is InChI=1S/C9H20N2O2/c1-10-6-4-5-9(13)11-7-2-3-8-12/h10,12H,2-8H2,1H3,(H,11,13). The third kappa shape index (κ3) is 9.30. The van der Waals surface area contributed by atoms with Gasteiger partial charge in [-0.3, -0.25) is 4.79 Å². The monoisotopic (exact) mass is 188 g/mol. The Kier molecular flexibility index (Phi) is 9.03. The Balaban J connectivity index is 3.11. The summed E-state index contributed by atoms with van der Waals surface area (Å²) in [6.07, 6.45) is 3.08. The van der Waals surface area contributed by atoms with E-state index >= 15 is 0 Å². The molecule has 13 heavy (non-hydrogen) atoms. The van der Waals surface area contributed by atoms with Crippen LogP contribution in [0.1, 0.15) is 25.7 Å². The number of amides is 1. The smallest absolute Gasteiger partial charge is 0.220 e. The number of hydrogen-bond donors (Lipinski definition) is 3. The Morgan fingerprint density at radius 2 is 2.00 bits per heavy atom.